The van der Waals surface area contributed by atoms with E-state index < -0.39 is 0 Å². The van der Waals surface area contributed by atoms with Gasteiger partial charge in [-0.3, -0.25) is 0 Å². The van der Waals surface area contributed by atoms with Crippen molar-refractivity contribution in [1.82, 2.24) is 4.90 Å². The third-order valence-electron chi connectivity index (χ3n) is 3.42. The van der Waals surface area contributed by atoms with E-state index in [4.69, 9.17) is 16.6 Å². The van der Waals surface area contributed by atoms with Crippen LogP contribution in [0.25, 0.3) is 0 Å². The summed E-state index contributed by atoms with van der Waals surface area (Å²) in [5.41, 5.74) is 2.19. The summed E-state index contributed by atoms with van der Waals surface area (Å²) in [6.07, 6.45) is 0. The van der Waals surface area contributed by atoms with Gasteiger partial charge >= 0.3 is 0 Å². The van der Waals surface area contributed by atoms with Crippen LogP contribution in [0.1, 0.15) is 19.4 Å². The van der Waals surface area contributed by atoms with E-state index >= 15 is 0 Å². The van der Waals surface area contributed by atoms with Gasteiger partial charge in [0.2, 0.25) is 0 Å². The largest absolute Gasteiger partial charge is 0.343 e. The first-order valence-electron chi connectivity index (χ1n) is 7.58. The summed E-state index contributed by atoms with van der Waals surface area (Å²) >= 11 is 5.92. The average Bonchev–Trinajstić information content (AvgIpc) is 2.56. The van der Waals surface area contributed by atoms with Crippen LogP contribution in [-0.2, 0) is 6.54 Å². The van der Waals surface area contributed by atoms with Crippen molar-refractivity contribution in [2.24, 2.45) is 4.99 Å². The normalized spacial score (nSPS) is 11.3. The second kappa shape index (κ2) is 8.44. The van der Waals surface area contributed by atoms with Crippen LogP contribution in [0.5, 0.6) is 0 Å². The third-order valence-corrected chi connectivity index (χ3v) is 3.67. The lowest BCUT2D eigenvalue weighted by molar-refractivity contribution is 0.462. The molecule has 0 bridgehead atoms. The zero-order chi connectivity index (χ0) is 15.8. The Kier molecular flexibility index (Phi) is 6.28. The maximum atomic E-state index is 5.92. The van der Waals surface area contributed by atoms with Gasteiger partial charge in [0.25, 0.3) is 0 Å². The molecule has 0 heterocycles. The highest BCUT2D eigenvalue weighted by atomic mass is 35.5. The summed E-state index contributed by atoms with van der Waals surface area (Å²) in [7, 11) is 0. The summed E-state index contributed by atoms with van der Waals surface area (Å²) in [6.45, 7) is 6.72. The van der Waals surface area contributed by atoms with E-state index in [0.29, 0.717) is 6.54 Å². The van der Waals surface area contributed by atoms with Crippen LogP contribution in [0, 0.1) is 0 Å². The number of nitrogens with zero attached hydrogens (tertiary/aromatic N) is 2. The molecule has 4 heteroatoms. The lowest BCUT2D eigenvalue weighted by Gasteiger charge is -2.24. The van der Waals surface area contributed by atoms with Crippen molar-refractivity contribution in [3.63, 3.8) is 0 Å². The molecule has 0 aromatic heterocycles. The summed E-state index contributed by atoms with van der Waals surface area (Å²) in [5.74, 6) is 0.895. The van der Waals surface area contributed by atoms with Gasteiger partial charge in [0.15, 0.2) is 5.96 Å². The Bertz CT molecular complexity index is 589. The van der Waals surface area contributed by atoms with Gasteiger partial charge < -0.3 is 10.2 Å². The molecule has 0 saturated heterocycles. The first-order chi connectivity index (χ1) is 10.7. The molecule has 0 spiro atoms. The minimum atomic E-state index is 0.628. The van der Waals surface area contributed by atoms with Crippen molar-refractivity contribution in [3.8, 4) is 0 Å². The van der Waals surface area contributed by atoms with Crippen molar-refractivity contribution in [3.05, 3.63) is 65.2 Å². The molecule has 2 aromatic carbocycles. The van der Waals surface area contributed by atoms with Gasteiger partial charge in [0, 0.05) is 23.8 Å². The van der Waals surface area contributed by atoms with Crippen molar-refractivity contribution in [2.75, 3.05) is 18.4 Å². The predicted molar refractivity (Wildman–Crippen MR) is 95.6 cm³/mol. The molecule has 2 rings (SSSR count). The number of anilines is 1. The van der Waals surface area contributed by atoms with Crippen LogP contribution in [-0.4, -0.2) is 23.9 Å². The fourth-order valence-electron chi connectivity index (χ4n) is 2.15. The zero-order valence-corrected chi connectivity index (χ0v) is 13.8. The molecule has 0 atom stereocenters. The fourth-order valence-corrected chi connectivity index (χ4v) is 2.27. The highest BCUT2D eigenvalue weighted by Gasteiger charge is 2.07. The van der Waals surface area contributed by atoms with E-state index in [-0.39, 0.29) is 0 Å². The Morgan fingerprint density at radius 2 is 1.64 bits per heavy atom. The first kappa shape index (κ1) is 16.4. The molecule has 1 N–H and O–H groups in total. The van der Waals surface area contributed by atoms with E-state index in [0.717, 1.165) is 35.3 Å². The molecule has 0 amide bonds. The quantitative estimate of drug-likeness (QED) is 0.642. The van der Waals surface area contributed by atoms with Gasteiger partial charge in [-0.05, 0) is 43.7 Å². The van der Waals surface area contributed by atoms with E-state index in [2.05, 4.69) is 24.1 Å². The molecule has 0 saturated carbocycles. The van der Waals surface area contributed by atoms with Crippen molar-refractivity contribution in [2.45, 2.75) is 20.4 Å². The molecule has 0 fully saturated rings. The molecule has 0 aliphatic carbocycles. The molecule has 0 radical (unpaired) electrons. The molecule has 3 nitrogen and oxygen atoms in total. The Morgan fingerprint density at radius 3 is 2.23 bits per heavy atom. The average molecular weight is 316 g/mol. The highest BCUT2D eigenvalue weighted by molar-refractivity contribution is 6.30. The Labute approximate surface area is 137 Å². The maximum absolute atomic E-state index is 5.92. The molecule has 0 aliphatic rings. The zero-order valence-electron chi connectivity index (χ0n) is 13.1. The number of para-hydroxylation sites is 1. The standard InChI is InChI=1S/C18H22ClN3/c1-3-22(4-2)18(21-17-8-6-5-7-9-17)20-14-15-10-12-16(19)13-11-15/h5-13H,3-4,14H2,1-2H3,(H,20,21). The number of halogens is 1. The molecule has 2 aromatic rings. The lowest BCUT2D eigenvalue weighted by Crippen LogP contribution is -2.36. The molecular weight excluding hydrogens is 294 g/mol. The second-order valence-corrected chi connectivity index (χ2v) is 5.37. The maximum Gasteiger partial charge on any atom is 0.198 e. The van der Waals surface area contributed by atoms with Crippen molar-refractivity contribution in [1.29, 1.82) is 0 Å². The van der Waals surface area contributed by atoms with Crippen LogP contribution in [0.15, 0.2) is 59.6 Å². The monoisotopic (exact) mass is 315 g/mol. The van der Waals surface area contributed by atoms with Gasteiger partial charge in [-0.25, -0.2) is 4.99 Å². The number of nitrogens with one attached hydrogen (secondary N) is 1. The minimum Gasteiger partial charge on any atom is -0.343 e. The SMILES string of the molecule is CCN(CC)C(=NCc1ccc(Cl)cc1)Nc1ccccc1. The molecule has 0 unspecified atom stereocenters. The smallest absolute Gasteiger partial charge is 0.198 e. The Hall–Kier alpha value is -2.00. The van der Waals surface area contributed by atoms with Gasteiger partial charge in [0.05, 0.1) is 6.54 Å². The summed E-state index contributed by atoms with van der Waals surface area (Å²) in [5, 5.41) is 4.16. The van der Waals surface area contributed by atoms with E-state index in [1.165, 1.54) is 0 Å². The second-order valence-electron chi connectivity index (χ2n) is 4.93. The number of guanidine groups is 1. The minimum absolute atomic E-state index is 0.628. The van der Waals surface area contributed by atoms with Crippen molar-refractivity contribution < 1.29 is 0 Å². The van der Waals surface area contributed by atoms with E-state index in [1.807, 2.05) is 54.6 Å². The van der Waals surface area contributed by atoms with Gasteiger partial charge in [-0.1, -0.05) is 41.9 Å². The van der Waals surface area contributed by atoms with E-state index in [9.17, 15) is 0 Å². The topological polar surface area (TPSA) is 27.6 Å². The number of hydrogen-bond acceptors (Lipinski definition) is 1. The molecule has 0 aliphatic heterocycles. The number of aliphatic imine (C=N–C) groups is 1. The van der Waals surface area contributed by atoms with Crippen LogP contribution in [0.3, 0.4) is 0 Å². The van der Waals surface area contributed by atoms with Gasteiger partial charge in [-0.2, -0.15) is 0 Å². The third kappa shape index (κ3) is 4.78. The Balaban J connectivity index is 2.15. The summed E-state index contributed by atoms with van der Waals surface area (Å²) in [4.78, 5) is 6.96. The lowest BCUT2D eigenvalue weighted by atomic mass is 10.2. The summed E-state index contributed by atoms with van der Waals surface area (Å²) in [6, 6.07) is 17.9. The summed E-state index contributed by atoms with van der Waals surface area (Å²) < 4.78 is 0. The van der Waals surface area contributed by atoms with Crippen LogP contribution >= 0.6 is 11.6 Å². The fraction of sp³-hybridized carbons (Fsp3) is 0.278. The number of rotatable bonds is 5. The van der Waals surface area contributed by atoms with Crippen LogP contribution in [0.2, 0.25) is 5.02 Å². The van der Waals surface area contributed by atoms with Crippen molar-refractivity contribution >= 4 is 23.2 Å². The first-order valence-corrected chi connectivity index (χ1v) is 7.96. The highest BCUT2D eigenvalue weighted by Crippen LogP contribution is 2.11. The predicted octanol–water partition coefficient (Wildman–Crippen LogP) is 4.65. The molecule has 22 heavy (non-hydrogen) atoms. The number of benzene rings is 2. The Morgan fingerprint density at radius 1 is 1.00 bits per heavy atom. The van der Waals surface area contributed by atoms with Crippen LogP contribution in [0.4, 0.5) is 5.69 Å². The molecular formula is C18H22ClN3. The number of hydrogen-bond donors (Lipinski definition) is 1. The molecule has 116 valence electrons. The van der Waals surface area contributed by atoms with Crippen LogP contribution < -0.4 is 5.32 Å². The van der Waals surface area contributed by atoms with E-state index in [1.54, 1.807) is 0 Å². The van der Waals surface area contributed by atoms with Gasteiger partial charge in [-0.15, -0.1) is 0 Å². The van der Waals surface area contributed by atoms with Gasteiger partial charge in [0.1, 0.15) is 0 Å².